The Kier molecular flexibility index (Phi) is 4.35. The molecule has 0 fully saturated rings. The topological polar surface area (TPSA) is 60.2 Å². The second kappa shape index (κ2) is 7.06. The summed E-state index contributed by atoms with van der Waals surface area (Å²) in [6, 6.07) is 18.8. The van der Waals surface area contributed by atoms with E-state index in [4.69, 9.17) is 0 Å². The van der Waals surface area contributed by atoms with E-state index in [-0.39, 0.29) is 17.0 Å². The van der Waals surface area contributed by atoms with Gasteiger partial charge in [0.25, 0.3) is 5.69 Å². The molecule has 2 aliphatic carbocycles. The third-order valence-corrected chi connectivity index (χ3v) is 6.40. The van der Waals surface area contributed by atoms with E-state index in [1.807, 2.05) is 6.07 Å². The lowest BCUT2D eigenvalue weighted by atomic mass is 9.78. The molecule has 4 heteroatoms. The van der Waals surface area contributed by atoms with Crippen molar-refractivity contribution in [2.45, 2.75) is 32.1 Å². The molecule has 30 heavy (non-hydrogen) atoms. The van der Waals surface area contributed by atoms with Crippen molar-refractivity contribution < 1.29 is 9.72 Å². The number of hydrogen-bond donors (Lipinski definition) is 0. The van der Waals surface area contributed by atoms with Crippen LogP contribution in [0, 0.1) is 20.6 Å². The maximum atomic E-state index is 13.4. The Morgan fingerprint density at radius 3 is 2.53 bits per heavy atom. The molecule has 148 valence electrons. The largest absolute Gasteiger partial charge is 0.289 e. The van der Waals surface area contributed by atoms with Crippen molar-refractivity contribution in [2.75, 3.05) is 0 Å². The van der Waals surface area contributed by atoms with E-state index in [1.165, 1.54) is 32.8 Å². The van der Waals surface area contributed by atoms with Crippen molar-refractivity contribution in [1.29, 1.82) is 0 Å². The average molecular weight is 395 g/mol. The number of carbonyl (C=O) groups is 1. The van der Waals surface area contributed by atoms with Crippen LogP contribution in [0.25, 0.3) is 11.6 Å². The molecule has 3 aromatic rings. The van der Waals surface area contributed by atoms with Gasteiger partial charge in [0.15, 0.2) is 5.78 Å². The Labute approximate surface area is 173 Å². The van der Waals surface area contributed by atoms with Gasteiger partial charge < -0.3 is 0 Å². The molecular weight excluding hydrogens is 374 g/mol. The summed E-state index contributed by atoms with van der Waals surface area (Å²) in [6.45, 7) is 2.21. The van der Waals surface area contributed by atoms with Crippen molar-refractivity contribution in [3.63, 3.8) is 0 Å². The van der Waals surface area contributed by atoms with Gasteiger partial charge in [0.1, 0.15) is 0 Å². The fraction of sp³-hybridized carbons (Fsp3) is 0.192. The van der Waals surface area contributed by atoms with Gasteiger partial charge in [-0.2, -0.15) is 0 Å². The molecule has 0 saturated heterocycles. The molecule has 1 unspecified atom stereocenters. The van der Waals surface area contributed by atoms with E-state index in [0.29, 0.717) is 17.9 Å². The molecular formula is C26H21NO3. The van der Waals surface area contributed by atoms with Crippen LogP contribution in [0.3, 0.4) is 0 Å². The van der Waals surface area contributed by atoms with Gasteiger partial charge in [0.05, 0.1) is 10.5 Å². The fourth-order valence-corrected chi connectivity index (χ4v) is 4.96. The first kappa shape index (κ1) is 18.5. The lowest BCUT2D eigenvalue weighted by molar-refractivity contribution is -0.385. The summed E-state index contributed by atoms with van der Waals surface area (Å²) >= 11 is 0. The summed E-state index contributed by atoms with van der Waals surface area (Å²) in [5, 5.41) is 16.1. The van der Waals surface area contributed by atoms with Gasteiger partial charge in [0.2, 0.25) is 0 Å². The average Bonchev–Trinajstić information content (AvgIpc) is 2.78. The van der Waals surface area contributed by atoms with E-state index in [1.54, 1.807) is 18.2 Å². The monoisotopic (exact) mass is 395 g/mol. The number of nitro benzene ring substituents is 1. The van der Waals surface area contributed by atoms with Gasteiger partial charge in [-0.15, -0.1) is 0 Å². The van der Waals surface area contributed by atoms with Gasteiger partial charge >= 0.3 is 0 Å². The fourth-order valence-electron chi connectivity index (χ4n) is 4.96. The quantitative estimate of drug-likeness (QED) is 0.380. The second-order valence-corrected chi connectivity index (χ2v) is 8.07. The number of rotatable bonds is 3. The summed E-state index contributed by atoms with van der Waals surface area (Å²) < 4.78 is 0. The first-order valence-corrected chi connectivity index (χ1v) is 10.3. The number of carbonyl (C=O) groups excluding carboxylic acids is 1. The zero-order valence-corrected chi connectivity index (χ0v) is 16.7. The van der Waals surface area contributed by atoms with Crippen LogP contribution in [0.1, 0.15) is 47.2 Å². The van der Waals surface area contributed by atoms with Crippen LogP contribution >= 0.6 is 0 Å². The van der Waals surface area contributed by atoms with Crippen molar-refractivity contribution >= 4 is 23.1 Å². The van der Waals surface area contributed by atoms with Gasteiger partial charge in [-0.05, 0) is 63.2 Å². The smallest absolute Gasteiger partial charge is 0.280 e. The first-order chi connectivity index (χ1) is 14.6. The molecule has 1 atom stereocenters. The Morgan fingerprint density at radius 2 is 1.70 bits per heavy atom. The highest BCUT2D eigenvalue weighted by Crippen LogP contribution is 2.32. The molecule has 3 aromatic carbocycles. The van der Waals surface area contributed by atoms with Gasteiger partial charge in [-0.1, -0.05) is 61.5 Å². The molecule has 0 aromatic heterocycles. The molecule has 0 N–H and O–H groups in total. The number of nitro groups is 1. The van der Waals surface area contributed by atoms with Gasteiger partial charge in [-0.25, -0.2) is 0 Å². The molecule has 4 nitrogen and oxygen atoms in total. The molecule has 0 radical (unpaired) electrons. The van der Waals surface area contributed by atoms with Crippen LogP contribution in [-0.2, 0) is 6.42 Å². The first-order valence-electron chi connectivity index (χ1n) is 10.3. The number of fused-ring (bicyclic) bond motifs is 4. The Morgan fingerprint density at radius 1 is 0.967 bits per heavy atom. The van der Waals surface area contributed by atoms with Gasteiger partial charge in [-0.3, -0.25) is 14.9 Å². The van der Waals surface area contributed by atoms with Crippen LogP contribution in [0.5, 0.6) is 0 Å². The maximum absolute atomic E-state index is 13.4. The summed E-state index contributed by atoms with van der Waals surface area (Å²) in [5.74, 6) is 0.117. The predicted molar refractivity (Wildman–Crippen MR) is 116 cm³/mol. The van der Waals surface area contributed by atoms with E-state index in [9.17, 15) is 14.9 Å². The number of nitrogens with zero attached hydrogens (tertiary/aromatic N) is 1. The third kappa shape index (κ3) is 2.79. The standard InChI is InChI=1S/C26H21NO3/c1-16-10-12-22(26(28)23-8-4-5-9-24(23)27(29)30)21-15-14-19-18-7-3-2-6-17(18)11-13-20(19)25(16)21/h2-9,11,14-16H,10,12-13H2,1H3. The zero-order chi connectivity index (χ0) is 20.8. The number of ketones is 1. The molecule has 0 amide bonds. The van der Waals surface area contributed by atoms with Gasteiger partial charge in [0, 0.05) is 11.6 Å². The molecule has 5 rings (SSSR count). The highest BCUT2D eigenvalue weighted by Gasteiger charge is 2.28. The van der Waals surface area contributed by atoms with Crippen LogP contribution in [0.2, 0.25) is 0 Å². The summed E-state index contributed by atoms with van der Waals surface area (Å²) in [7, 11) is 0. The van der Waals surface area contributed by atoms with Crippen LogP contribution in [0.15, 0.2) is 60.7 Å². The van der Waals surface area contributed by atoms with E-state index in [2.05, 4.69) is 43.3 Å². The lowest BCUT2D eigenvalue weighted by Crippen LogP contribution is -2.27. The molecule has 0 bridgehead atoms. The molecule has 0 saturated carbocycles. The van der Waals surface area contributed by atoms with Crippen molar-refractivity contribution in [3.05, 3.63) is 108 Å². The Bertz CT molecular complexity index is 1440. The van der Waals surface area contributed by atoms with E-state index in [0.717, 1.165) is 18.1 Å². The van der Waals surface area contributed by atoms with Crippen molar-refractivity contribution in [1.82, 2.24) is 0 Å². The minimum absolute atomic E-state index is 0.129. The highest BCUT2D eigenvalue weighted by molar-refractivity contribution is 6.26. The number of Topliss-reactive ketones (excluding diaryl/α,β-unsaturated/α-hetero) is 1. The second-order valence-electron chi connectivity index (χ2n) is 8.07. The molecule has 0 aliphatic heterocycles. The number of hydrogen-bond acceptors (Lipinski definition) is 3. The van der Waals surface area contributed by atoms with E-state index < -0.39 is 4.92 Å². The van der Waals surface area contributed by atoms with Crippen LogP contribution < -0.4 is 10.4 Å². The molecule has 0 spiro atoms. The summed E-state index contributed by atoms with van der Waals surface area (Å²) in [5.41, 5.74) is 3.25. The number of benzene rings is 3. The minimum atomic E-state index is -0.473. The lowest BCUT2D eigenvalue weighted by Gasteiger charge is -2.25. The van der Waals surface area contributed by atoms with Crippen LogP contribution in [-0.4, -0.2) is 10.7 Å². The minimum Gasteiger partial charge on any atom is -0.289 e. The zero-order valence-electron chi connectivity index (χ0n) is 16.7. The summed E-state index contributed by atoms with van der Waals surface area (Å²) in [6.07, 6.45) is 4.60. The van der Waals surface area contributed by atoms with E-state index >= 15 is 0 Å². The Balaban J connectivity index is 1.81. The van der Waals surface area contributed by atoms with Crippen molar-refractivity contribution in [2.24, 2.45) is 0 Å². The third-order valence-electron chi connectivity index (χ3n) is 6.40. The maximum Gasteiger partial charge on any atom is 0.280 e. The Hall–Kier alpha value is -3.53. The normalized spacial score (nSPS) is 16.7. The molecule has 2 aliphatic rings. The highest BCUT2D eigenvalue weighted by atomic mass is 16.6. The number of para-hydroxylation sites is 1. The van der Waals surface area contributed by atoms with Crippen LogP contribution in [0.4, 0.5) is 5.69 Å². The predicted octanol–water partition coefficient (Wildman–Crippen LogP) is 4.15. The summed E-state index contributed by atoms with van der Waals surface area (Å²) in [4.78, 5) is 24.4. The molecule has 0 heterocycles. The SMILES string of the molecule is CC1CCC(C(=O)c2ccccc2[N+](=O)[O-])=c2ccc3c(c21)CC=c1ccccc1=3. The van der Waals surface area contributed by atoms with Crippen molar-refractivity contribution in [3.8, 4) is 0 Å².